The van der Waals surface area contributed by atoms with E-state index in [2.05, 4.69) is 5.32 Å². The topological polar surface area (TPSA) is 86.6 Å². The minimum absolute atomic E-state index is 0.235. The largest absolute Gasteiger partial charge is 0.392 e. The van der Waals surface area contributed by atoms with Crippen LogP contribution in [-0.2, 0) is 9.84 Å². The van der Waals surface area contributed by atoms with Gasteiger partial charge < -0.3 is 15.5 Å². The van der Waals surface area contributed by atoms with Gasteiger partial charge in [0.1, 0.15) is 0 Å². The highest BCUT2D eigenvalue weighted by molar-refractivity contribution is 7.90. The van der Waals surface area contributed by atoms with Crippen molar-refractivity contribution in [2.45, 2.75) is 37.4 Å². The Balaban J connectivity index is 2.47. The monoisotopic (exact) mass is 315 g/mol. The van der Waals surface area contributed by atoms with Crippen LogP contribution in [0, 0.1) is 5.92 Å². The van der Waals surface area contributed by atoms with Crippen molar-refractivity contribution in [2.75, 3.05) is 19.3 Å². The molecule has 5 nitrogen and oxygen atoms in total. The first kappa shape index (κ1) is 18.1. The van der Waals surface area contributed by atoms with Gasteiger partial charge in [0.25, 0.3) is 0 Å². The highest BCUT2D eigenvalue weighted by Crippen LogP contribution is 2.16. The van der Waals surface area contributed by atoms with E-state index in [1.807, 2.05) is 13.8 Å². The summed E-state index contributed by atoms with van der Waals surface area (Å²) < 4.78 is 22.7. The fourth-order valence-corrected chi connectivity index (χ4v) is 2.70. The highest BCUT2D eigenvalue weighted by atomic mass is 32.2. The van der Waals surface area contributed by atoms with E-state index >= 15 is 0 Å². The minimum Gasteiger partial charge on any atom is -0.392 e. The molecule has 0 bridgehead atoms. The van der Waals surface area contributed by atoms with E-state index in [9.17, 15) is 18.6 Å². The molecule has 1 rings (SSSR count). The van der Waals surface area contributed by atoms with Gasteiger partial charge in [-0.2, -0.15) is 0 Å². The molecule has 0 aliphatic rings. The van der Waals surface area contributed by atoms with E-state index in [0.29, 0.717) is 31.0 Å². The fraction of sp³-hybridized carbons (Fsp3) is 0.600. The molecule has 1 aromatic carbocycles. The van der Waals surface area contributed by atoms with E-state index in [1.165, 1.54) is 12.1 Å². The van der Waals surface area contributed by atoms with Crippen LogP contribution in [0.3, 0.4) is 0 Å². The molecule has 3 N–H and O–H groups in total. The van der Waals surface area contributed by atoms with Crippen molar-refractivity contribution < 1.29 is 18.6 Å². The quantitative estimate of drug-likeness (QED) is 0.669. The number of aliphatic hydroxyl groups is 2. The van der Waals surface area contributed by atoms with Crippen molar-refractivity contribution in [1.82, 2.24) is 5.32 Å². The normalized spacial score (nSPS) is 15.1. The molecular weight excluding hydrogens is 290 g/mol. The van der Waals surface area contributed by atoms with Crippen LogP contribution in [0.25, 0.3) is 0 Å². The summed E-state index contributed by atoms with van der Waals surface area (Å²) >= 11 is 0. The molecule has 120 valence electrons. The third kappa shape index (κ3) is 6.56. The second kappa shape index (κ2) is 7.89. The summed E-state index contributed by atoms with van der Waals surface area (Å²) in [7, 11) is -3.22. The molecule has 0 saturated carbocycles. The van der Waals surface area contributed by atoms with Crippen LogP contribution >= 0.6 is 0 Å². The van der Waals surface area contributed by atoms with Crippen molar-refractivity contribution in [3.05, 3.63) is 29.8 Å². The van der Waals surface area contributed by atoms with Crippen molar-refractivity contribution in [3.8, 4) is 0 Å². The number of benzene rings is 1. The summed E-state index contributed by atoms with van der Waals surface area (Å²) in [6.07, 6.45) is 0.706. The smallest absolute Gasteiger partial charge is 0.175 e. The van der Waals surface area contributed by atoms with Crippen molar-refractivity contribution in [2.24, 2.45) is 5.92 Å². The van der Waals surface area contributed by atoms with Gasteiger partial charge >= 0.3 is 0 Å². The molecule has 0 aliphatic carbocycles. The first-order valence-corrected chi connectivity index (χ1v) is 8.96. The van der Waals surface area contributed by atoms with Crippen molar-refractivity contribution in [3.63, 3.8) is 0 Å². The molecule has 0 heterocycles. The average molecular weight is 315 g/mol. The van der Waals surface area contributed by atoms with Gasteiger partial charge in [0.05, 0.1) is 17.1 Å². The number of sulfone groups is 1. The molecule has 6 heteroatoms. The third-order valence-corrected chi connectivity index (χ3v) is 4.28. The molecule has 0 amide bonds. The van der Waals surface area contributed by atoms with Gasteiger partial charge in [0.15, 0.2) is 9.84 Å². The molecule has 0 radical (unpaired) electrons. The predicted octanol–water partition coefficient (Wildman–Crippen LogP) is 1.12. The Morgan fingerprint density at radius 3 is 2.14 bits per heavy atom. The predicted molar refractivity (Wildman–Crippen MR) is 82.8 cm³/mol. The number of nitrogens with one attached hydrogen (secondary N) is 1. The SMILES string of the molecule is CC(C)CC(O)CNCC(O)c1ccc(S(C)(=O)=O)cc1. The van der Waals surface area contributed by atoms with Gasteiger partial charge in [-0.05, 0) is 30.0 Å². The maximum atomic E-state index is 11.3. The minimum atomic E-state index is -3.22. The summed E-state index contributed by atoms with van der Waals surface area (Å²) in [5, 5.41) is 22.7. The Morgan fingerprint density at radius 1 is 1.10 bits per heavy atom. The summed E-state index contributed by atoms with van der Waals surface area (Å²) in [6, 6.07) is 6.18. The molecule has 0 spiro atoms. The zero-order valence-electron chi connectivity index (χ0n) is 12.8. The number of hydrogen-bond donors (Lipinski definition) is 3. The zero-order chi connectivity index (χ0) is 16.0. The van der Waals surface area contributed by atoms with Crippen LogP contribution in [-0.4, -0.2) is 44.1 Å². The molecule has 0 aliphatic heterocycles. The van der Waals surface area contributed by atoms with Crippen LogP contribution in [0.15, 0.2) is 29.2 Å². The number of rotatable bonds is 8. The lowest BCUT2D eigenvalue weighted by molar-refractivity contribution is 0.131. The second-order valence-corrected chi connectivity index (χ2v) is 7.81. The van der Waals surface area contributed by atoms with Gasteiger partial charge in [-0.25, -0.2) is 8.42 Å². The Kier molecular flexibility index (Phi) is 6.80. The van der Waals surface area contributed by atoms with Crippen LogP contribution < -0.4 is 5.32 Å². The Hall–Kier alpha value is -0.950. The Bertz CT molecular complexity index is 525. The molecular formula is C15H25NO4S. The summed E-state index contributed by atoms with van der Waals surface area (Å²) in [4.78, 5) is 0.235. The number of aliphatic hydroxyl groups excluding tert-OH is 2. The maximum absolute atomic E-state index is 11.3. The van der Waals surface area contributed by atoms with Crippen LogP contribution in [0.1, 0.15) is 31.9 Å². The van der Waals surface area contributed by atoms with Gasteiger partial charge in [-0.15, -0.1) is 0 Å². The van der Waals surface area contributed by atoms with Crippen molar-refractivity contribution >= 4 is 9.84 Å². The van der Waals surface area contributed by atoms with E-state index in [1.54, 1.807) is 12.1 Å². The molecule has 21 heavy (non-hydrogen) atoms. The van der Waals surface area contributed by atoms with Crippen LogP contribution in [0.4, 0.5) is 0 Å². The van der Waals surface area contributed by atoms with E-state index in [4.69, 9.17) is 0 Å². The van der Waals surface area contributed by atoms with Crippen LogP contribution in [0.2, 0.25) is 0 Å². The van der Waals surface area contributed by atoms with Gasteiger partial charge in [-0.1, -0.05) is 26.0 Å². The Labute approximate surface area is 126 Å². The van der Waals surface area contributed by atoms with Crippen molar-refractivity contribution in [1.29, 1.82) is 0 Å². The summed E-state index contributed by atoms with van der Waals surface area (Å²) in [6.45, 7) is 4.83. The van der Waals surface area contributed by atoms with E-state index in [0.717, 1.165) is 6.26 Å². The lowest BCUT2D eigenvalue weighted by atomic mass is 10.1. The average Bonchev–Trinajstić information content (AvgIpc) is 2.36. The van der Waals surface area contributed by atoms with Gasteiger partial charge in [-0.3, -0.25) is 0 Å². The lowest BCUT2D eigenvalue weighted by Crippen LogP contribution is -2.31. The summed E-state index contributed by atoms with van der Waals surface area (Å²) in [5.41, 5.74) is 0.647. The molecule has 1 aromatic rings. The Morgan fingerprint density at radius 2 is 1.67 bits per heavy atom. The van der Waals surface area contributed by atoms with Crippen LogP contribution in [0.5, 0.6) is 0 Å². The first-order chi connectivity index (χ1) is 9.70. The molecule has 2 atom stereocenters. The third-order valence-electron chi connectivity index (χ3n) is 3.15. The first-order valence-electron chi connectivity index (χ1n) is 7.07. The highest BCUT2D eigenvalue weighted by Gasteiger charge is 2.12. The van der Waals surface area contributed by atoms with E-state index in [-0.39, 0.29) is 4.90 Å². The molecule has 2 unspecified atom stereocenters. The second-order valence-electron chi connectivity index (χ2n) is 5.80. The standard InChI is InChI=1S/C15H25NO4S/c1-11(2)8-13(17)9-16-10-15(18)12-4-6-14(7-5-12)21(3,19)20/h4-7,11,13,15-18H,8-10H2,1-3H3. The lowest BCUT2D eigenvalue weighted by Gasteiger charge is -2.16. The molecule has 0 saturated heterocycles. The maximum Gasteiger partial charge on any atom is 0.175 e. The molecule has 0 fully saturated rings. The number of hydrogen-bond acceptors (Lipinski definition) is 5. The zero-order valence-corrected chi connectivity index (χ0v) is 13.6. The molecule has 0 aromatic heterocycles. The van der Waals surface area contributed by atoms with E-state index < -0.39 is 22.0 Å². The summed E-state index contributed by atoms with van der Waals surface area (Å²) in [5.74, 6) is 0.426. The van der Waals surface area contributed by atoms with Gasteiger partial charge in [0, 0.05) is 19.3 Å². The van der Waals surface area contributed by atoms with Gasteiger partial charge in [0.2, 0.25) is 0 Å². The fourth-order valence-electron chi connectivity index (χ4n) is 2.07.